The van der Waals surface area contributed by atoms with Crippen LogP contribution in [0.25, 0.3) is 6.08 Å². The number of carbonyl (C=O) groups excluding carboxylic acids is 1. The minimum absolute atomic E-state index is 0.231. The second-order valence-corrected chi connectivity index (χ2v) is 6.15. The Kier molecular flexibility index (Phi) is 5.45. The lowest BCUT2D eigenvalue weighted by atomic mass is 10.2. The quantitative estimate of drug-likeness (QED) is 0.674. The molecule has 0 aliphatic carbocycles. The van der Waals surface area contributed by atoms with Gasteiger partial charge in [0.1, 0.15) is 0 Å². The summed E-state index contributed by atoms with van der Waals surface area (Å²) in [5.74, 6) is -0.231. The van der Waals surface area contributed by atoms with Gasteiger partial charge in [0, 0.05) is 20.6 Å². The third-order valence-corrected chi connectivity index (χ3v) is 4.12. The van der Waals surface area contributed by atoms with E-state index in [4.69, 9.17) is 23.2 Å². The molecule has 0 atom stereocenters. The van der Waals surface area contributed by atoms with E-state index >= 15 is 0 Å². The highest BCUT2D eigenvalue weighted by atomic mass is 79.9. The molecule has 5 heteroatoms. The molecule has 1 N–H and O–H groups in total. The highest BCUT2D eigenvalue weighted by Gasteiger charge is 2.06. The maximum absolute atomic E-state index is 11.9. The molecule has 108 valence electrons. The van der Waals surface area contributed by atoms with Crippen molar-refractivity contribution in [2.24, 2.45) is 0 Å². The maximum atomic E-state index is 11.9. The predicted octanol–water partition coefficient (Wildman–Crippen LogP) is 5.72. The first kappa shape index (κ1) is 16.1. The lowest BCUT2D eigenvalue weighted by Crippen LogP contribution is -2.08. The first-order valence-electron chi connectivity index (χ1n) is 6.16. The van der Waals surface area contributed by atoms with E-state index < -0.39 is 0 Å². The van der Waals surface area contributed by atoms with Crippen LogP contribution in [0.15, 0.2) is 46.9 Å². The van der Waals surface area contributed by atoms with Gasteiger partial charge in [0.05, 0.1) is 5.69 Å². The fourth-order valence-corrected chi connectivity index (χ4v) is 2.51. The molecule has 0 radical (unpaired) electrons. The van der Waals surface area contributed by atoms with Gasteiger partial charge in [0.25, 0.3) is 0 Å². The third kappa shape index (κ3) is 4.60. The lowest BCUT2D eigenvalue weighted by molar-refractivity contribution is -0.111. The number of carbonyl (C=O) groups is 1. The SMILES string of the molecule is Cc1cc(Br)c(NC(=O)/C=C/c2ccc(Cl)cc2)cc1Cl. The summed E-state index contributed by atoms with van der Waals surface area (Å²) < 4.78 is 0.789. The molecule has 2 aromatic carbocycles. The van der Waals surface area contributed by atoms with Crippen LogP contribution in [0.3, 0.4) is 0 Å². The van der Waals surface area contributed by atoms with Crippen LogP contribution in [0, 0.1) is 6.92 Å². The normalized spacial score (nSPS) is 10.9. The summed E-state index contributed by atoms with van der Waals surface area (Å²) in [6.45, 7) is 1.90. The van der Waals surface area contributed by atoms with Crippen LogP contribution in [-0.2, 0) is 4.79 Å². The van der Waals surface area contributed by atoms with E-state index in [0.717, 1.165) is 15.6 Å². The van der Waals surface area contributed by atoms with Crippen LogP contribution in [0.5, 0.6) is 0 Å². The zero-order valence-corrected chi connectivity index (χ0v) is 14.3. The number of benzene rings is 2. The number of nitrogens with one attached hydrogen (secondary N) is 1. The van der Waals surface area contributed by atoms with E-state index in [2.05, 4.69) is 21.2 Å². The van der Waals surface area contributed by atoms with Gasteiger partial charge in [-0.05, 0) is 64.3 Å². The standard InChI is InChI=1S/C16H12BrCl2NO/c1-10-8-13(17)15(9-14(10)19)20-16(21)7-4-11-2-5-12(18)6-3-11/h2-9H,1H3,(H,20,21)/b7-4+. The van der Waals surface area contributed by atoms with Crippen molar-refractivity contribution in [1.29, 1.82) is 0 Å². The van der Waals surface area contributed by atoms with Crippen molar-refractivity contribution in [2.45, 2.75) is 6.92 Å². The van der Waals surface area contributed by atoms with Crippen LogP contribution >= 0.6 is 39.1 Å². The third-order valence-electron chi connectivity index (χ3n) is 2.80. The van der Waals surface area contributed by atoms with Gasteiger partial charge < -0.3 is 5.32 Å². The molecule has 0 saturated carbocycles. The summed E-state index contributed by atoms with van der Waals surface area (Å²) in [5.41, 5.74) is 2.48. The van der Waals surface area contributed by atoms with Crippen LogP contribution in [0.4, 0.5) is 5.69 Å². The smallest absolute Gasteiger partial charge is 0.248 e. The Balaban J connectivity index is 2.08. The fourth-order valence-electron chi connectivity index (χ4n) is 1.66. The summed E-state index contributed by atoms with van der Waals surface area (Å²) in [6.07, 6.45) is 3.18. The highest BCUT2D eigenvalue weighted by Crippen LogP contribution is 2.29. The van der Waals surface area contributed by atoms with Crippen LogP contribution < -0.4 is 5.32 Å². The topological polar surface area (TPSA) is 29.1 Å². The van der Waals surface area contributed by atoms with Gasteiger partial charge >= 0.3 is 0 Å². The van der Waals surface area contributed by atoms with Crippen molar-refractivity contribution in [2.75, 3.05) is 5.32 Å². The number of rotatable bonds is 3. The summed E-state index contributed by atoms with van der Waals surface area (Å²) in [7, 11) is 0. The largest absolute Gasteiger partial charge is 0.321 e. The van der Waals surface area contributed by atoms with Gasteiger partial charge in [-0.25, -0.2) is 0 Å². The minimum atomic E-state index is -0.231. The molecule has 0 aliphatic rings. The number of halogens is 3. The first-order chi connectivity index (χ1) is 9.95. The van der Waals surface area contributed by atoms with Crippen LogP contribution in [0.1, 0.15) is 11.1 Å². The summed E-state index contributed by atoms with van der Waals surface area (Å²) >= 11 is 15.3. The van der Waals surface area contributed by atoms with E-state index in [9.17, 15) is 4.79 Å². The molecule has 2 rings (SSSR count). The van der Waals surface area contributed by atoms with Crippen LogP contribution in [0.2, 0.25) is 10.0 Å². The molecular weight excluding hydrogens is 373 g/mol. The van der Waals surface area contributed by atoms with Crippen molar-refractivity contribution < 1.29 is 4.79 Å². The fraction of sp³-hybridized carbons (Fsp3) is 0.0625. The Morgan fingerprint density at radius 1 is 1.19 bits per heavy atom. The van der Waals surface area contributed by atoms with Gasteiger partial charge in [-0.15, -0.1) is 0 Å². The molecule has 1 amide bonds. The number of hydrogen-bond acceptors (Lipinski definition) is 1. The average molecular weight is 385 g/mol. The second kappa shape index (κ2) is 7.12. The minimum Gasteiger partial charge on any atom is -0.321 e. The zero-order valence-electron chi connectivity index (χ0n) is 11.2. The molecule has 0 bridgehead atoms. The molecule has 2 aromatic rings. The van der Waals surface area contributed by atoms with Crippen LogP contribution in [-0.4, -0.2) is 5.91 Å². The Morgan fingerprint density at radius 3 is 2.52 bits per heavy atom. The summed E-state index contributed by atoms with van der Waals surface area (Å²) in [4.78, 5) is 11.9. The Morgan fingerprint density at radius 2 is 1.86 bits per heavy atom. The van der Waals surface area contributed by atoms with Gasteiger partial charge in [0.15, 0.2) is 0 Å². The number of amides is 1. The molecule has 0 fully saturated rings. The van der Waals surface area contributed by atoms with Gasteiger partial charge in [0.2, 0.25) is 5.91 Å². The molecule has 0 heterocycles. The first-order valence-corrected chi connectivity index (χ1v) is 7.71. The molecule has 0 aliphatic heterocycles. The summed E-state index contributed by atoms with van der Waals surface area (Å²) in [6, 6.07) is 10.8. The molecule has 0 aromatic heterocycles. The lowest BCUT2D eigenvalue weighted by Gasteiger charge is -2.07. The number of anilines is 1. The molecule has 0 saturated heterocycles. The van der Waals surface area contributed by atoms with Crippen molar-refractivity contribution in [3.63, 3.8) is 0 Å². The van der Waals surface area contributed by atoms with E-state index in [1.807, 2.05) is 25.1 Å². The Labute approximate surface area is 141 Å². The Bertz CT molecular complexity index is 696. The molecular formula is C16H12BrCl2NO. The highest BCUT2D eigenvalue weighted by molar-refractivity contribution is 9.10. The van der Waals surface area contributed by atoms with Crippen molar-refractivity contribution in [3.05, 3.63) is 68.1 Å². The van der Waals surface area contributed by atoms with Crippen molar-refractivity contribution >= 4 is 56.8 Å². The van der Waals surface area contributed by atoms with Crippen molar-refractivity contribution in [3.8, 4) is 0 Å². The van der Waals surface area contributed by atoms with Gasteiger partial charge in [-0.3, -0.25) is 4.79 Å². The molecule has 0 unspecified atom stereocenters. The van der Waals surface area contributed by atoms with Gasteiger partial charge in [-0.2, -0.15) is 0 Å². The summed E-state index contributed by atoms with van der Waals surface area (Å²) in [5, 5.41) is 4.05. The van der Waals surface area contributed by atoms with Gasteiger partial charge in [-0.1, -0.05) is 35.3 Å². The Hall–Kier alpha value is -1.29. The van der Waals surface area contributed by atoms with E-state index in [-0.39, 0.29) is 5.91 Å². The monoisotopic (exact) mass is 383 g/mol. The van der Waals surface area contributed by atoms with E-state index in [1.54, 1.807) is 24.3 Å². The number of aryl methyl sites for hydroxylation is 1. The average Bonchev–Trinajstić information content (AvgIpc) is 2.44. The molecule has 0 spiro atoms. The molecule has 21 heavy (non-hydrogen) atoms. The number of hydrogen-bond donors (Lipinski definition) is 1. The molecule has 2 nitrogen and oxygen atoms in total. The maximum Gasteiger partial charge on any atom is 0.248 e. The van der Waals surface area contributed by atoms with E-state index in [1.165, 1.54) is 6.08 Å². The predicted molar refractivity (Wildman–Crippen MR) is 93.0 cm³/mol. The zero-order chi connectivity index (χ0) is 15.4. The van der Waals surface area contributed by atoms with E-state index in [0.29, 0.717) is 15.7 Å². The second-order valence-electron chi connectivity index (χ2n) is 4.46. The van der Waals surface area contributed by atoms with Crippen molar-refractivity contribution in [1.82, 2.24) is 0 Å².